The molecule has 3 aromatic rings. The largest absolute Gasteiger partial charge is 1.00 e. The maximum Gasteiger partial charge on any atom is 0.311 e. The van der Waals surface area contributed by atoms with Crippen LogP contribution < -0.4 is 29.5 Å². The van der Waals surface area contributed by atoms with Crippen LogP contribution in [-0.4, -0.2) is 27.3 Å². The third kappa shape index (κ3) is 6.17. The summed E-state index contributed by atoms with van der Waals surface area (Å²) in [7, 11) is 0. The Morgan fingerprint density at radius 3 is 2.64 bits per heavy atom. The fourth-order valence-electron chi connectivity index (χ4n) is 7.53. The Bertz CT molecular complexity index is 1480. The molecule has 0 atom stereocenters. The summed E-state index contributed by atoms with van der Waals surface area (Å²) in [6.45, 7) is 5.13. The zero-order valence-electron chi connectivity index (χ0n) is 24.9. The highest BCUT2D eigenvalue weighted by Gasteiger charge is 2.41. The smallest absolute Gasteiger partial charge is 0.311 e. The SMILES string of the molecule is Cc1nc2n(c(=O)c1CCC1(COC(=O)C3(C)CCCCC3)CCC(c3noc4cc(F)ccc34)CC1)CCCC2.[I-]. The molecule has 2 saturated carbocycles. The van der Waals surface area contributed by atoms with Gasteiger partial charge in [0.1, 0.15) is 11.6 Å². The second kappa shape index (κ2) is 12.7. The van der Waals surface area contributed by atoms with Crippen LogP contribution in [0.3, 0.4) is 0 Å². The number of hydrogen-bond acceptors (Lipinski definition) is 6. The zero-order valence-corrected chi connectivity index (χ0v) is 27.0. The van der Waals surface area contributed by atoms with E-state index in [0.717, 1.165) is 112 Å². The van der Waals surface area contributed by atoms with Crippen molar-refractivity contribution in [1.82, 2.24) is 14.7 Å². The monoisotopic (exact) mass is 690 g/mol. The first-order valence-electron chi connectivity index (χ1n) is 15.6. The molecule has 42 heavy (non-hydrogen) atoms. The molecular weight excluding hydrogens is 648 g/mol. The lowest BCUT2D eigenvalue weighted by atomic mass is 9.67. The van der Waals surface area contributed by atoms with Crippen molar-refractivity contribution in [2.24, 2.45) is 10.8 Å². The maximum absolute atomic E-state index is 13.7. The Labute approximate surface area is 264 Å². The van der Waals surface area contributed by atoms with Crippen LogP contribution in [0.1, 0.15) is 113 Å². The lowest BCUT2D eigenvalue weighted by Crippen LogP contribution is -3.00. The highest BCUT2D eigenvalue weighted by Crippen LogP contribution is 2.47. The minimum absolute atomic E-state index is 0. The van der Waals surface area contributed by atoms with Crippen LogP contribution in [0.2, 0.25) is 0 Å². The van der Waals surface area contributed by atoms with E-state index in [9.17, 15) is 14.0 Å². The van der Waals surface area contributed by atoms with Crippen LogP contribution >= 0.6 is 0 Å². The number of nitrogens with zero attached hydrogens (tertiary/aromatic N) is 3. The molecule has 0 amide bonds. The number of ether oxygens (including phenoxy) is 1. The Morgan fingerprint density at radius 2 is 1.88 bits per heavy atom. The molecular formula is C33H42FIN3O4-. The molecule has 6 rings (SSSR count). The average Bonchev–Trinajstić information content (AvgIpc) is 3.39. The van der Waals surface area contributed by atoms with Gasteiger partial charge in [-0.2, -0.15) is 0 Å². The normalized spacial score (nSPS) is 23.6. The zero-order chi connectivity index (χ0) is 28.6. The Hall–Kier alpha value is -2.30. The molecule has 1 aromatic carbocycles. The third-order valence-corrected chi connectivity index (χ3v) is 10.3. The van der Waals surface area contributed by atoms with E-state index in [2.05, 4.69) is 12.1 Å². The molecule has 228 valence electrons. The number of carbonyl (C=O) groups is 1. The quantitative estimate of drug-likeness (QED) is 0.276. The van der Waals surface area contributed by atoms with Crippen molar-refractivity contribution in [2.45, 2.75) is 116 Å². The van der Waals surface area contributed by atoms with Gasteiger partial charge in [0.05, 0.1) is 17.7 Å². The minimum Gasteiger partial charge on any atom is -1.00 e. The van der Waals surface area contributed by atoms with E-state index in [1.54, 1.807) is 6.07 Å². The number of esters is 1. The van der Waals surface area contributed by atoms with Gasteiger partial charge in [-0.25, -0.2) is 9.37 Å². The molecule has 2 aromatic heterocycles. The highest BCUT2D eigenvalue weighted by molar-refractivity contribution is 5.80. The number of hydrogen-bond donors (Lipinski definition) is 0. The molecule has 9 heteroatoms. The van der Waals surface area contributed by atoms with Gasteiger partial charge >= 0.3 is 5.97 Å². The lowest BCUT2D eigenvalue weighted by molar-refractivity contribution is -0.161. The summed E-state index contributed by atoms with van der Waals surface area (Å²) in [5.74, 6) is 0.695. The summed E-state index contributed by atoms with van der Waals surface area (Å²) in [5.41, 5.74) is 2.47. The van der Waals surface area contributed by atoms with Crippen molar-refractivity contribution in [3.8, 4) is 0 Å². The fourth-order valence-corrected chi connectivity index (χ4v) is 7.53. The number of carbonyl (C=O) groups excluding carboxylic acids is 1. The van der Waals surface area contributed by atoms with Crippen molar-refractivity contribution in [3.63, 3.8) is 0 Å². The van der Waals surface area contributed by atoms with Crippen molar-refractivity contribution in [3.05, 3.63) is 57.1 Å². The predicted octanol–water partition coefficient (Wildman–Crippen LogP) is 3.96. The standard InChI is InChI=1S/C33H42FN3O4.HI/c1-22-25(30(38)37-19-7-4-8-28(37)35-22)13-18-33(21-40-31(39)32(2)14-5-3-6-15-32)16-11-23(12-17-33)29-26-10-9-24(34)20-27(26)41-36-29;/h9-10,20,23H,3-8,11-19,21H2,1-2H3;1H/p-1. The summed E-state index contributed by atoms with van der Waals surface area (Å²) < 4.78 is 27.2. The summed E-state index contributed by atoms with van der Waals surface area (Å²) in [5, 5.41) is 5.20. The molecule has 2 aliphatic carbocycles. The predicted molar refractivity (Wildman–Crippen MR) is 154 cm³/mol. The Kier molecular flexibility index (Phi) is 9.45. The third-order valence-electron chi connectivity index (χ3n) is 10.3. The van der Waals surface area contributed by atoms with E-state index in [0.29, 0.717) is 18.6 Å². The van der Waals surface area contributed by atoms with Crippen molar-refractivity contribution >= 4 is 16.9 Å². The second-order valence-electron chi connectivity index (χ2n) is 13.2. The first kappa shape index (κ1) is 31.1. The van der Waals surface area contributed by atoms with E-state index >= 15 is 0 Å². The molecule has 0 saturated heterocycles. The van der Waals surface area contributed by atoms with Crippen LogP contribution in [0.15, 0.2) is 27.5 Å². The lowest BCUT2D eigenvalue weighted by Gasteiger charge is -2.41. The van der Waals surface area contributed by atoms with E-state index in [1.807, 2.05) is 11.5 Å². The van der Waals surface area contributed by atoms with Gasteiger partial charge in [0.2, 0.25) is 0 Å². The molecule has 3 heterocycles. The Morgan fingerprint density at radius 1 is 1.12 bits per heavy atom. The molecule has 2 fully saturated rings. The molecule has 0 N–H and O–H groups in total. The van der Waals surface area contributed by atoms with E-state index in [1.165, 1.54) is 18.6 Å². The minimum atomic E-state index is -0.399. The molecule has 0 bridgehead atoms. The first-order valence-corrected chi connectivity index (χ1v) is 15.6. The van der Waals surface area contributed by atoms with E-state index in [-0.39, 0.29) is 52.7 Å². The number of benzene rings is 1. The molecule has 0 unspecified atom stereocenters. The van der Waals surface area contributed by atoms with Gasteiger partial charge in [-0.05, 0) is 90.2 Å². The molecule has 7 nitrogen and oxygen atoms in total. The van der Waals surface area contributed by atoms with Crippen LogP contribution in [0, 0.1) is 23.6 Å². The number of rotatable bonds is 7. The summed E-state index contributed by atoms with van der Waals surface area (Å²) in [6.07, 6.45) is 12.9. The van der Waals surface area contributed by atoms with Crippen molar-refractivity contribution in [2.75, 3.05) is 6.61 Å². The molecule has 3 aliphatic rings. The summed E-state index contributed by atoms with van der Waals surface area (Å²) in [6, 6.07) is 4.59. The summed E-state index contributed by atoms with van der Waals surface area (Å²) in [4.78, 5) is 31.6. The van der Waals surface area contributed by atoms with Gasteiger partial charge in [0.25, 0.3) is 5.56 Å². The van der Waals surface area contributed by atoms with Crippen LogP contribution in [0.5, 0.6) is 0 Å². The number of aromatic nitrogens is 3. The first-order chi connectivity index (χ1) is 19.8. The highest BCUT2D eigenvalue weighted by atomic mass is 127. The van der Waals surface area contributed by atoms with Crippen LogP contribution in [0.25, 0.3) is 11.0 Å². The fraction of sp³-hybridized carbons (Fsp3) is 0.636. The van der Waals surface area contributed by atoms with Gasteiger partial charge in [-0.15, -0.1) is 0 Å². The van der Waals surface area contributed by atoms with Gasteiger partial charge in [0, 0.05) is 47.0 Å². The maximum atomic E-state index is 13.7. The summed E-state index contributed by atoms with van der Waals surface area (Å²) >= 11 is 0. The van der Waals surface area contributed by atoms with E-state index in [4.69, 9.17) is 14.2 Å². The van der Waals surface area contributed by atoms with Gasteiger partial charge < -0.3 is 33.2 Å². The molecule has 0 radical (unpaired) electrons. The van der Waals surface area contributed by atoms with Crippen LogP contribution in [-0.2, 0) is 28.9 Å². The van der Waals surface area contributed by atoms with Gasteiger partial charge in [-0.1, -0.05) is 24.4 Å². The average molecular weight is 691 g/mol. The molecule has 0 spiro atoms. The number of aryl methyl sites for hydroxylation is 2. The number of fused-ring (bicyclic) bond motifs is 2. The van der Waals surface area contributed by atoms with E-state index < -0.39 is 5.41 Å². The topological polar surface area (TPSA) is 87.2 Å². The van der Waals surface area contributed by atoms with Gasteiger partial charge in [0.15, 0.2) is 5.58 Å². The Balaban J connectivity index is 0.00000353. The second-order valence-corrected chi connectivity index (χ2v) is 13.2. The van der Waals surface area contributed by atoms with Gasteiger partial charge in [-0.3, -0.25) is 14.2 Å². The van der Waals surface area contributed by atoms with Crippen molar-refractivity contribution in [1.29, 1.82) is 0 Å². The van der Waals surface area contributed by atoms with Crippen molar-refractivity contribution < 1.29 is 42.4 Å². The number of halogens is 2. The van der Waals surface area contributed by atoms with Crippen LogP contribution in [0.4, 0.5) is 4.39 Å². The molecule has 1 aliphatic heterocycles.